The molecule has 3 rings (SSSR count). The van der Waals surface area contributed by atoms with Crippen molar-refractivity contribution >= 4 is 17.6 Å². The van der Waals surface area contributed by atoms with Gasteiger partial charge >= 0.3 is 5.97 Å². The number of hydrogen-bond acceptors (Lipinski definition) is 3. The molecular formula is C20H25NO4. The van der Waals surface area contributed by atoms with Gasteiger partial charge in [-0.15, -0.1) is 0 Å². The van der Waals surface area contributed by atoms with E-state index in [1.165, 1.54) is 0 Å². The summed E-state index contributed by atoms with van der Waals surface area (Å²) in [5.74, 6) is -1.40. The molecule has 1 aromatic carbocycles. The van der Waals surface area contributed by atoms with Crippen LogP contribution in [-0.4, -0.2) is 23.6 Å². The van der Waals surface area contributed by atoms with Crippen molar-refractivity contribution in [2.45, 2.75) is 32.6 Å². The summed E-state index contributed by atoms with van der Waals surface area (Å²) in [7, 11) is 0. The quantitative estimate of drug-likeness (QED) is 0.557. The molecular weight excluding hydrogens is 318 g/mol. The molecule has 5 heteroatoms. The van der Waals surface area contributed by atoms with Gasteiger partial charge in [0.2, 0.25) is 5.91 Å². The molecule has 1 saturated carbocycles. The van der Waals surface area contributed by atoms with Gasteiger partial charge in [0, 0.05) is 5.69 Å². The highest BCUT2D eigenvalue weighted by Crippen LogP contribution is 2.48. The van der Waals surface area contributed by atoms with Crippen molar-refractivity contribution in [1.82, 2.24) is 0 Å². The summed E-state index contributed by atoms with van der Waals surface area (Å²) in [4.78, 5) is 24.1. The minimum absolute atomic E-state index is 0.0165. The summed E-state index contributed by atoms with van der Waals surface area (Å²) in [5, 5.41) is 12.3. The Morgan fingerprint density at radius 3 is 2.44 bits per heavy atom. The molecule has 0 spiro atoms. The zero-order chi connectivity index (χ0) is 17.8. The highest BCUT2D eigenvalue weighted by molar-refractivity contribution is 5.96. The number of unbranched alkanes of at least 4 members (excludes halogenated alkanes) is 2. The van der Waals surface area contributed by atoms with Crippen LogP contribution in [0, 0.1) is 23.7 Å². The predicted octanol–water partition coefficient (Wildman–Crippen LogP) is 3.72. The van der Waals surface area contributed by atoms with E-state index in [9.17, 15) is 14.7 Å². The van der Waals surface area contributed by atoms with Crippen molar-refractivity contribution < 1.29 is 19.4 Å². The molecule has 4 atom stereocenters. The van der Waals surface area contributed by atoms with Gasteiger partial charge in [-0.05, 0) is 48.9 Å². The van der Waals surface area contributed by atoms with Crippen LogP contribution in [0.25, 0.3) is 0 Å². The summed E-state index contributed by atoms with van der Waals surface area (Å²) in [6.45, 7) is 2.84. The Balaban J connectivity index is 1.58. The number of aliphatic carboxylic acids is 1. The number of carbonyl (C=O) groups is 2. The number of amides is 1. The molecule has 2 bridgehead atoms. The van der Waals surface area contributed by atoms with Gasteiger partial charge < -0.3 is 15.2 Å². The predicted molar refractivity (Wildman–Crippen MR) is 95.4 cm³/mol. The van der Waals surface area contributed by atoms with Gasteiger partial charge in [0.1, 0.15) is 5.75 Å². The van der Waals surface area contributed by atoms with Gasteiger partial charge in [-0.2, -0.15) is 0 Å². The molecule has 2 aliphatic carbocycles. The molecule has 0 radical (unpaired) electrons. The maximum absolute atomic E-state index is 12.6. The maximum Gasteiger partial charge on any atom is 0.307 e. The van der Waals surface area contributed by atoms with Crippen LogP contribution in [0.1, 0.15) is 32.6 Å². The van der Waals surface area contributed by atoms with Gasteiger partial charge in [0.15, 0.2) is 0 Å². The van der Waals surface area contributed by atoms with Crippen molar-refractivity contribution in [3.63, 3.8) is 0 Å². The van der Waals surface area contributed by atoms with Crippen LogP contribution in [-0.2, 0) is 9.59 Å². The zero-order valence-electron chi connectivity index (χ0n) is 14.5. The molecule has 1 aromatic rings. The number of ether oxygens (including phenoxy) is 1. The molecule has 2 N–H and O–H groups in total. The first-order valence-corrected chi connectivity index (χ1v) is 9.05. The number of rotatable bonds is 8. The number of nitrogens with one attached hydrogen (secondary N) is 1. The smallest absolute Gasteiger partial charge is 0.307 e. The van der Waals surface area contributed by atoms with E-state index >= 15 is 0 Å². The lowest BCUT2D eigenvalue weighted by Crippen LogP contribution is -2.36. The third kappa shape index (κ3) is 3.86. The van der Waals surface area contributed by atoms with Crippen LogP contribution in [0.5, 0.6) is 5.75 Å². The lowest BCUT2D eigenvalue weighted by atomic mass is 9.82. The van der Waals surface area contributed by atoms with E-state index in [0.717, 1.165) is 31.4 Å². The number of carbonyl (C=O) groups excluding carboxylic acids is 1. The number of carboxylic acids is 1. The Bertz CT molecular complexity index is 652. The Hall–Kier alpha value is -2.30. The van der Waals surface area contributed by atoms with Crippen LogP contribution in [0.2, 0.25) is 0 Å². The highest BCUT2D eigenvalue weighted by atomic mass is 16.5. The van der Waals surface area contributed by atoms with E-state index in [1.54, 1.807) is 12.1 Å². The Morgan fingerprint density at radius 1 is 1.12 bits per heavy atom. The van der Waals surface area contributed by atoms with Crippen molar-refractivity contribution in [1.29, 1.82) is 0 Å². The zero-order valence-corrected chi connectivity index (χ0v) is 14.5. The largest absolute Gasteiger partial charge is 0.494 e. The fourth-order valence-electron chi connectivity index (χ4n) is 3.92. The monoisotopic (exact) mass is 343 g/mol. The van der Waals surface area contributed by atoms with Crippen molar-refractivity contribution in [3.8, 4) is 5.75 Å². The molecule has 2 aliphatic rings. The minimum atomic E-state index is -0.882. The second-order valence-electron chi connectivity index (χ2n) is 6.91. The summed E-state index contributed by atoms with van der Waals surface area (Å²) in [6, 6.07) is 7.26. The summed E-state index contributed by atoms with van der Waals surface area (Å²) < 4.78 is 5.66. The molecule has 134 valence electrons. The topological polar surface area (TPSA) is 75.6 Å². The lowest BCUT2D eigenvalue weighted by Gasteiger charge is -2.23. The molecule has 0 heterocycles. The molecule has 0 aromatic heterocycles. The molecule has 0 saturated heterocycles. The summed E-state index contributed by atoms with van der Waals surface area (Å²) in [5.41, 5.74) is 0.668. The Morgan fingerprint density at radius 2 is 1.80 bits per heavy atom. The van der Waals surface area contributed by atoms with Gasteiger partial charge in [-0.1, -0.05) is 31.9 Å². The maximum atomic E-state index is 12.6. The van der Waals surface area contributed by atoms with Crippen molar-refractivity contribution in [2.75, 3.05) is 11.9 Å². The van der Waals surface area contributed by atoms with E-state index in [4.69, 9.17) is 4.74 Å². The van der Waals surface area contributed by atoms with Crippen LogP contribution < -0.4 is 10.1 Å². The second kappa shape index (κ2) is 7.72. The summed E-state index contributed by atoms with van der Waals surface area (Å²) >= 11 is 0. The highest BCUT2D eigenvalue weighted by Gasteiger charge is 2.51. The first-order chi connectivity index (χ1) is 12.1. The van der Waals surface area contributed by atoms with Gasteiger partial charge in [0.05, 0.1) is 18.4 Å². The minimum Gasteiger partial charge on any atom is -0.494 e. The Labute approximate surface area is 148 Å². The molecule has 0 aliphatic heterocycles. The molecule has 0 unspecified atom stereocenters. The first-order valence-electron chi connectivity index (χ1n) is 9.05. The van der Waals surface area contributed by atoms with E-state index in [-0.39, 0.29) is 17.7 Å². The number of allylic oxidation sites excluding steroid dienone is 2. The third-order valence-electron chi connectivity index (χ3n) is 5.19. The number of benzene rings is 1. The van der Waals surface area contributed by atoms with Gasteiger partial charge in [-0.3, -0.25) is 9.59 Å². The number of carboxylic acid groups (broad SMARTS) is 1. The van der Waals surface area contributed by atoms with Crippen LogP contribution >= 0.6 is 0 Å². The molecule has 1 amide bonds. The van der Waals surface area contributed by atoms with E-state index in [1.807, 2.05) is 24.3 Å². The molecule has 25 heavy (non-hydrogen) atoms. The van der Waals surface area contributed by atoms with E-state index in [0.29, 0.717) is 12.3 Å². The average Bonchev–Trinajstić information content (AvgIpc) is 3.21. The first kappa shape index (κ1) is 17.5. The van der Waals surface area contributed by atoms with E-state index in [2.05, 4.69) is 12.2 Å². The van der Waals surface area contributed by atoms with Crippen LogP contribution in [0.4, 0.5) is 5.69 Å². The van der Waals surface area contributed by atoms with E-state index < -0.39 is 17.8 Å². The number of hydrogen-bond donors (Lipinski definition) is 2. The second-order valence-corrected chi connectivity index (χ2v) is 6.91. The van der Waals surface area contributed by atoms with Gasteiger partial charge in [-0.25, -0.2) is 0 Å². The van der Waals surface area contributed by atoms with Crippen LogP contribution in [0.15, 0.2) is 36.4 Å². The molecule has 5 nitrogen and oxygen atoms in total. The third-order valence-corrected chi connectivity index (χ3v) is 5.19. The standard InChI is InChI=1S/C20H25NO4/c1-2-3-4-11-25-16-9-7-15(8-10-16)21-19(22)17-13-5-6-14(12-13)18(17)20(23)24/h5-10,13-14,17-18H,2-4,11-12H2,1H3,(H,21,22)(H,23,24)/t13-,14-,17+,18+/m0/s1. The van der Waals surface area contributed by atoms with Gasteiger partial charge in [0.25, 0.3) is 0 Å². The molecule has 1 fully saturated rings. The fraction of sp³-hybridized carbons (Fsp3) is 0.500. The SMILES string of the molecule is CCCCCOc1ccc(NC(=O)[C@H]2[C@H](C(=O)O)[C@H]3C=C[C@H]2C3)cc1. The Kier molecular flexibility index (Phi) is 5.41. The van der Waals surface area contributed by atoms with Crippen molar-refractivity contribution in [3.05, 3.63) is 36.4 Å². The fourth-order valence-corrected chi connectivity index (χ4v) is 3.92. The number of fused-ring (bicyclic) bond motifs is 2. The lowest BCUT2D eigenvalue weighted by molar-refractivity contribution is -0.146. The average molecular weight is 343 g/mol. The van der Waals surface area contributed by atoms with Crippen molar-refractivity contribution in [2.24, 2.45) is 23.7 Å². The number of anilines is 1. The normalized spacial score (nSPS) is 26.6. The van der Waals surface area contributed by atoms with Crippen LogP contribution in [0.3, 0.4) is 0 Å². The summed E-state index contributed by atoms with van der Waals surface area (Å²) in [6.07, 6.45) is 8.03.